The summed E-state index contributed by atoms with van der Waals surface area (Å²) in [5, 5.41) is 0.990. The lowest BCUT2D eigenvalue weighted by atomic mass is 10.2. The quantitative estimate of drug-likeness (QED) is 0.465. The van der Waals surface area contributed by atoms with Crippen molar-refractivity contribution >= 4 is 59.0 Å². The van der Waals surface area contributed by atoms with Gasteiger partial charge >= 0.3 is 0 Å². The number of nitrogens with zero attached hydrogens (tertiary/aromatic N) is 4. The van der Waals surface area contributed by atoms with E-state index in [1.165, 1.54) is 15.6 Å². The summed E-state index contributed by atoms with van der Waals surface area (Å²) in [5.74, 6) is -0.0531. The molecule has 32 heavy (non-hydrogen) atoms. The van der Waals surface area contributed by atoms with Crippen LogP contribution in [0, 0.1) is 0 Å². The molecular weight excluding hydrogens is 464 g/mol. The minimum atomic E-state index is -3.52. The zero-order valence-corrected chi connectivity index (χ0v) is 21.2. The highest BCUT2D eigenvalue weighted by Gasteiger charge is 2.30. The van der Waals surface area contributed by atoms with Gasteiger partial charge in [0.05, 0.1) is 14.5 Å². The number of amides is 1. The van der Waals surface area contributed by atoms with Crippen LogP contribution in [0.15, 0.2) is 29.2 Å². The monoisotopic (exact) mass is 492 g/mol. The highest BCUT2D eigenvalue weighted by Crippen LogP contribution is 2.37. The molecule has 0 N–H and O–H groups in total. The van der Waals surface area contributed by atoms with Crippen LogP contribution >= 0.6 is 22.7 Å². The van der Waals surface area contributed by atoms with Crippen LogP contribution in [-0.4, -0.2) is 56.3 Å². The standard InChI is InChI=1S/C22H28N4O3S3/c1-5-24(6-2)22-23-20-18(31-22)14-19(30-20)21(27)26-12-11-15-13-16(9-10-17(15)26)32(28,29)25(7-3)8-4/h9-10,13-14H,5-8,11-12H2,1-4H3. The summed E-state index contributed by atoms with van der Waals surface area (Å²) >= 11 is 3.04. The van der Waals surface area contributed by atoms with Gasteiger partial charge in [0.15, 0.2) is 5.13 Å². The molecule has 0 bridgehead atoms. The van der Waals surface area contributed by atoms with Crippen molar-refractivity contribution in [2.75, 3.05) is 42.5 Å². The van der Waals surface area contributed by atoms with Crippen LogP contribution < -0.4 is 9.80 Å². The summed E-state index contributed by atoms with van der Waals surface area (Å²) in [7, 11) is -3.52. The van der Waals surface area contributed by atoms with Crippen LogP contribution in [0.3, 0.4) is 0 Å². The van der Waals surface area contributed by atoms with Crippen molar-refractivity contribution < 1.29 is 13.2 Å². The average molecular weight is 493 g/mol. The molecule has 0 spiro atoms. The minimum absolute atomic E-state index is 0.0531. The zero-order valence-electron chi connectivity index (χ0n) is 18.8. The molecule has 0 radical (unpaired) electrons. The number of thiophene rings is 1. The molecule has 10 heteroatoms. The number of sulfonamides is 1. The number of thiazole rings is 1. The Morgan fingerprint density at radius 1 is 1.06 bits per heavy atom. The van der Waals surface area contributed by atoms with Crippen molar-refractivity contribution in [1.82, 2.24) is 9.29 Å². The Hall–Kier alpha value is -2.01. The van der Waals surface area contributed by atoms with E-state index in [-0.39, 0.29) is 5.91 Å². The van der Waals surface area contributed by atoms with E-state index in [0.29, 0.717) is 35.8 Å². The van der Waals surface area contributed by atoms with Gasteiger partial charge in [-0.1, -0.05) is 25.2 Å². The van der Waals surface area contributed by atoms with Crippen molar-refractivity contribution in [3.63, 3.8) is 0 Å². The first kappa shape index (κ1) is 23.2. The maximum absolute atomic E-state index is 13.3. The number of benzene rings is 1. The Balaban J connectivity index is 1.59. The lowest BCUT2D eigenvalue weighted by molar-refractivity contribution is 0.0993. The maximum atomic E-state index is 13.3. The molecule has 2 aromatic heterocycles. The van der Waals surface area contributed by atoms with E-state index in [0.717, 1.165) is 39.0 Å². The van der Waals surface area contributed by atoms with Crippen molar-refractivity contribution in [1.29, 1.82) is 0 Å². The Labute approximate surface area is 197 Å². The number of fused-ring (bicyclic) bond motifs is 2. The number of aromatic nitrogens is 1. The molecule has 172 valence electrons. The first-order valence-electron chi connectivity index (χ1n) is 10.9. The number of carbonyl (C=O) groups excluding carboxylic acids is 1. The van der Waals surface area contributed by atoms with E-state index >= 15 is 0 Å². The Morgan fingerprint density at radius 3 is 2.41 bits per heavy atom. The van der Waals surface area contributed by atoms with Crippen LogP contribution in [-0.2, 0) is 16.4 Å². The zero-order chi connectivity index (χ0) is 23.0. The first-order chi connectivity index (χ1) is 15.3. The third-order valence-electron chi connectivity index (χ3n) is 5.86. The molecule has 1 amide bonds. The summed E-state index contributed by atoms with van der Waals surface area (Å²) < 4.78 is 28.2. The molecule has 3 heterocycles. The minimum Gasteiger partial charge on any atom is -0.349 e. The molecular formula is C22H28N4O3S3. The molecule has 7 nitrogen and oxygen atoms in total. The van der Waals surface area contributed by atoms with Crippen LogP contribution in [0.5, 0.6) is 0 Å². The van der Waals surface area contributed by atoms with E-state index in [1.807, 2.05) is 19.9 Å². The van der Waals surface area contributed by atoms with E-state index in [1.54, 1.807) is 34.4 Å². The second-order valence-electron chi connectivity index (χ2n) is 7.54. The lowest BCUT2D eigenvalue weighted by Crippen LogP contribution is -2.30. The third kappa shape index (κ3) is 3.93. The Bertz CT molecular complexity index is 1210. The first-order valence-corrected chi connectivity index (χ1v) is 14.0. The summed E-state index contributed by atoms with van der Waals surface area (Å²) in [6, 6.07) is 7.04. The number of carbonyl (C=O) groups is 1. The third-order valence-corrected chi connectivity index (χ3v) is 10.1. The van der Waals surface area contributed by atoms with Gasteiger partial charge in [0.1, 0.15) is 4.83 Å². The van der Waals surface area contributed by atoms with Crippen molar-refractivity contribution in [3.8, 4) is 0 Å². The van der Waals surface area contributed by atoms with Crippen LogP contribution in [0.2, 0.25) is 0 Å². The molecule has 0 fully saturated rings. The van der Waals surface area contributed by atoms with E-state index in [9.17, 15) is 13.2 Å². The lowest BCUT2D eigenvalue weighted by Gasteiger charge is -2.20. The normalized spacial score (nSPS) is 13.8. The topological polar surface area (TPSA) is 73.8 Å². The number of hydrogen-bond acceptors (Lipinski definition) is 7. The summed E-state index contributed by atoms with van der Waals surface area (Å²) in [5.41, 5.74) is 1.69. The predicted molar refractivity (Wildman–Crippen MR) is 133 cm³/mol. The second-order valence-corrected chi connectivity index (χ2v) is 11.5. The molecule has 4 rings (SSSR count). The fraction of sp³-hybridized carbons (Fsp3) is 0.455. The van der Waals surface area contributed by atoms with Crippen LogP contribution in [0.1, 0.15) is 42.9 Å². The van der Waals surface area contributed by atoms with Gasteiger partial charge < -0.3 is 9.80 Å². The summed E-state index contributed by atoms with van der Waals surface area (Å²) in [4.78, 5) is 23.8. The highest BCUT2D eigenvalue weighted by molar-refractivity contribution is 7.89. The van der Waals surface area contributed by atoms with E-state index in [2.05, 4.69) is 18.7 Å². The van der Waals surface area contributed by atoms with Crippen molar-refractivity contribution in [3.05, 3.63) is 34.7 Å². The summed E-state index contributed by atoms with van der Waals surface area (Å²) in [6.07, 6.45) is 0.646. The van der Waals surface area contributed by atoms with Gasteiger partial charge in [0.25, 0.3) is 5.91 Å². The van der Waals surface area contributed by atoms with E-state index in [4.69, 9.17) is 4.98 Å². The van der Waals surface area contributed by atoms with E-state index < -0.39 is 10.0 Å². The molecule has 0 saturated carbocycles. The van der Waals surface area contributed by atoms with Crippen molar-refractivity contribution in [2.45, 2.75) is 39.0 Å². The van der Waals surface area contributed by atoms with Gasteiger partial charge in [-0.3, -0.25) is 4.79 Å². The fourth-order valence-corrected chi connectivity index (χ4v) is 7.85. The number of anilines is 2. The SMILES string of the molecule is CCN(CC)c1nc2sc(C(=O)N3CCc4cc(S(=O)(=O)N(CC)CC)ccc43)cc2s1. The summed E-state index contributed by atoms with van der Waals surface area (Å²) in [6.45, 7) is 11.1. The van der Waals surface area contributed by atoms with Gasteiger partial charge in [-0.05, 0) is 50.1 Å². The van der Waals surface area contributed by atoms with Gasteiger partial charge in [-0.25, -0.2) is 13.4 Å². The molecule has 0 aliphatic carbocycles. The second kappa shape index (κ2) is 9.09. The maximum Gasteiger partial charge on any atom is 0.268 e. The Morgan fingerprint density at radius 2 is 1.78 bits per heavy atom. The number of hydrogen-bond donors (Lipinski definition) is 0. The van der Waals surface area contributed by atoms with Gasteiger partial charge in [0.2, 0.25) is 10.0 Å². The smallest absolute Gasteiger partial charge is 0.268 e. The Kier molecular flexibility index (Phi) is 6.58. The molecule has 1 aliphatic rings. The van der Waals surface area contributed by atoms with Crippen LogP contribution in [0.4, 0.5) is 10.8 Å². The van der Waals surface area contributed by atoms with Crippen LogP contribution in [0.25, 0.3) is 9.53 Å². The highest BCUT2D eigenvalue weighted by atomic mass is 32.2. The number of rotatable bonds is 8. The largest absolute Gasteiger partial charge is 0.349 e. The molecule has 3 aromatic rings. The molecule has 1 aromatic carbocycles. The van der Waals surface area contributed by atoms with Gasteiger partial charge in [-0.15, -0.1) is 11.3 Å². The van der Waals surface area contributed by atoms with Crippen molar-refractivity contribution in [2.24, 2.45) is 0 Å². The van der Waals surface area contributed by atoms with Gasteiger partial charge in [0, 0.05) is 38.4 Å². The molecule has 0 unspecified atom stereocenters. The predicted octanol–water partition coefficient (Wildman–Crippen LogP) is 4.44. The molecule has 0 saturated heterocycles. The molecule has 1 aliphatic heterocycles. The molecule has 0 atom stereocenters. The average Bonchev–Trinajstić information content (AvgIpc) is 3.47. The van der Waals surface area contributed by atoms with Gasteiger partial charge in [-0.2, -0.15) is 4.31 Å². The fourth-order valence-electron chi connectivity index (χ4n) is 4.05.